The van der Waals surface area contributed by atoms with E-state index in [2.05, 4.69) is 29.6 Å². The predicted octanol–water partition coefficient (Wildman–Crippen LogP) is 4.70. The zero-order valence-corrected chi connectivity index (χ0v) is 17.7. The largest absolute Gasteiger partial charge is 0.349 e. The lowest BCUT2D eigenvalue weighted by Crippen LogP contribution is -2.46. The Hall–Kier alpha value is -2.92. The first-order valence-corrected chi connectivity index (χ1v) is 11.3. The Kier molecular flexibility index (Phi) is 6.60. The molecule has 2 amide bonds. The van der Waals surface area contributed by atoms with Crippen LogP contribution in [0.25, 0.3) is 0 Å². The average molecular weight is 419 g/mol. The average Bonchev–Trinajstić information content (AvgIpc) is 3.34. The monoisotopic (exact) mass is 418 g/mol. The Bertz CT molecular complexity index is 957. The minimum atomic E-state index is -0.176. The molecule has 3 aromatic rings. The fourth-order valence-electron chi connectivity index (χ4n) is 4.01. The third-order valence-electron chi connectivity index (χ3n) is 5.61. The first-order chi connectivity index (χ1) is 14.7. The maximum Gasteiger partial charge on any atom is 0.263 e. The van der Waals surface area contributed by atoms with E-state index in [4.69, 9.17) is 0 Å². The van der Waals surface area contributed by atoms with Gasteiger partial charge in [0.15, 0.2) is 0 Å². The zero-order chi connectivity index (χ0) is 20.8. The van der Waals surface area contributed by atoms with Gasteiger partial charge in [0.05, 0.1) is 16.8 Å². The number of nitrogens with one attached hydrogen (secondary N) is 1. The number of amides is 2. The highest BCUT2D eigenvalue weighted by Gasteiger charge is 2.30. The molecular formula is C25H26N2O2S. The summed E-state index contributed by atoms with van der Waals surface area (Å²) in [5.74, 6) is -0.112. The van der Waals surface area contributed by atoms with Gasteiger partial charge in [0.2, 0.25) is 5.91 Å². The van der Waals surface area contributed by atoms with Gasteiger partial charge in [0.1, 0.15) is 0 Å². The van der Waals surface area contributed by atoms with Gasteiger partial charge in [-0.15, -0.1) is 11.3 Å². The molecule has 1 saturated heterocycles. The molecule has 2 unspecified atom stereocenters. The van der Waals surface area contributed by atoms with Gasteiger partial charge >= 0.3 is 0 Å². The molecule has 0 aliphatic carbocycles. The molecule has 1 aliphatic rings. The lowest BCUT2D eigenvalue weighted by atomic mass is 9.94. The second kappa shape index (κ2) is 9.72. The predicted molar refractivity (Wildman–Crippen MR) is 120 cm³/mol. The maximum absolute atomic E-state index is 13.2. The van der Waals surface area contributed by atoms with Crippen LogP contribution in [0, 0.1) is 5.92 Å². The van der Waals surface area contributed by atoms with Crippen LogP contribution in [0.5, 0.6) is 0 Å². The molecule has 2 atom stereocenters. The molecule has 4 nitrogen and oxygen atoms in total. The van der Waals surface area contributed by atoms with Crippen molar-refractivity contribution < 1.29 is 9.59 Å². The Morgan fingerprint density at radius 3 is 2.43 bits per heavy atom. The summed E-state index contributed by atoms with van der Waals surface area (Å²) in [5.41, 5.74) is 2.28. The number of thiophene rings is 1. The number of benzene rings is 2. The molecule has 4 rings (SSSR count). The van der Waals surface area contributed by atoms with E-state index in [1.54, 1.807) is 0 Å². The van der Waals surface area contributed by atoms with Gasteiger partial charge in [-0.05, 0) is 41.8 Å². The Labute approximate surface area is 181 Å². The number of carbonyl (C=O) groups is 2. The molecule has 1 aliphatic heterocycles. The van der Waals surface area contributed by atoms with Crippen LogP contribution in [-0.4, -0.2) is 29.8 Å². The summed E-state index contributed by atoms with van der Waals surface area (Å²) in [7, 11) is 0. The third-order valence-corrected chi connectivity index (χ3v) is 6.47. The summed E-state index contributed by atoms with van der Waals surface area (Å²) in [6, 6.07) is 24.0. The number of hydrogen-bond donors (Lipinski definition) is 1. The molecule has 154 valence electrons. The lowest BCUT2D eigenvalue weighted by Gasteiger charge is -2.33. The summed E-state index contributed by atoms with van der Waals surface area (Å²) in [5, 5.41) is 5.18. The van der Waals surface area contributed by atoms with Crippen LogP contribution in [0.15, 0.2) is 78.2 Å². The highest BCUT2D eigenvalue weighted by atomic mass is 32.1. The minimum absolute atomic E-state index is 0.0310. The van der Waals surface area contributed by atoms with Gasteiger partial charge in [0, 0.05) is 13.1 Å². The Balaban J connectivity index is 1.45. The normalized spacial score (nSPS) is 17.3. The van der Waals surface area contributed by atoms with Crippen molar-refractivity contribution in [3.63, 3.8) is 0 Å². The molecule has 2 heterocycles. The minimum Gasteiger partial charge on any atom is -0.349 e. The molecule has 2 aromatic carbocycles. The van der Waals surface area contributed by atoms with Crippen molar-refractivity contribution in [2.24, 2.45) is 5.92 Å². The van der Waals surface area contributed by atoms with Crippen LogP contribution < -0.4 is 5.32 Å². The zero-order valence-electron chi connectivity index (χ0n) is 16.9. The second-order valence-corrected chi connectivity index (χ2v) is 8.68. The molecule has 0 spiro atoms. The van der Waals surface area contributed by atoms with Gasteiger partial charge in [0.25, 0.3) is 5.91 Å². The molecule has 1 fully saturated rings. The van der Waals surface area contributed by atoms with Crippen molar-refractivity contribution in [1.82, 2.24) is 10.2 Å². The number of hydrogen-bond acceptors (Lipinski definition) is 3. The molecule has 0 bridgehead atoms. The molecular weight excluding hydrogens is 392 g/mol. The van der Waals surface area contributed by atoms with Gasteiger partial charge in [-0.2, -0.15) is 0 Å². The lowest BCUT2D eigenvalue weighted by molar-refractivity contribution is -0.127. The van der Waals surface area contributed by atoms with Crippen LogP contribution in [0.1, 0.15) is 39.7 Å². The van der Waals surface area contributed by atoms with Gasteiger partial charge < -0.3 is 10.2 Å². The third kappa shape index (κ3) is 4.97. The summed E-state index contributed by atoms with van der Waals surface area (Å²) in [6.07, 6.45) is 2.40. The van der Waals surface area contributed by atoms with Crippen molar-refractivity contribution in [2.75, 3.05) is 13.1 Å². The number of nitrogens with zero attached hydrogens (tertiary/aromatic N) is 1. The smallest absolute Gasteiger partial charge is 0.263 e. The maximum atomic E-state index is 13.2. The van der Waals surface area contributed by atoms with E-state index < -0.39 is 0 Å². The second-order valence-electron chi connectivity index (χ2n) is 7.73. The van der Waals surface area contributed by atoms with E-state index in [1.807, 2.05) is 58.8 Å². The highest BCUT2D eigenvalue weighted by molar-refractivity contribution is 7.12. The molecule has 1 aromatic heterocycles. The molecule has 0 saturated carbocycles. The summed E-state index contributed by atoms with van der Waals surface area (Å²) >= 11 is 1.45. The number of likely N-dealkylation sites (tertiary alicyclic amines) is 1. The van der Waals surface area contributed by atoms with Crippen LogP contribution in [0.2, 0.25) is 0 Å². The molecule has 5 heteroatoms. The van der Waals surface area contributed by atoms with Crippen LogP contribution >= 0.6 is 11.3 Å². The first-order valence-electron chi connectivity index (χ1n) is 10.4. The summed E-state index contributed by atoms with van der Waals surface area (Å²) in [6.45, 7) is 1.20. The quantitative estimate of drug-likeness (QED) is 0.631. The van der Waals surface area contributed by atoms with Crippen molar-refractivity contribution >= 4 is 23.2 Å². The topological polar surface area (TPSA) is 49.4 Å². The SMILES string of the molecule is O=C(NC(Cc1ccccc1)c1ccccc1)C1CCCN(C(=O)c2cccs2)C1. The van der Waals surface area contributed by atoms with Gasteiger partial charge in [-0.25, -0.2) is 0 Å². The molecule has 1 N–H and O–H groups in total. The van der Waals surface area contributed by atoms with E-state index >= 15 is 0 Å². The Morgan fingerprint density at radius 2 is 1.73 bits per heavy atom. The van der Waals surface area contributed by atoms with Crippen LogP contribution in [0.4, 0.5) is 0 Å². The standard InChI is InChI=1S/C25H26N2O2S/c28-24(21-13-7-15-27(18-21)25(29)23-14-8-16-30-23)26-22(20-11-5-2-6-12-20)17-19-9-3-1-4-10-19/h1-6,8-12,14,16,21-22H,7,13,15,17-18H2,(H,26,28). The van der Waals surface area contributed by atoms with Gasteiger partial charge in [-0.3, -0.25) is 9.59 Å². The highest BCUT2D eigenvalue weighted by Crippen LogP contribution is 2.23. The van der Waals surface area contributed by atoms with Crippen molar-refractivity contribution in [2.45, 2.75) is 25.3 Å². The molecule has 30 heavy (non-hydrogen) atoms. The van der Waals surface area contributed by atoms with E-state index in [0.717, 1.165) is 29.7 Å². The van der Waals surface area contributed by atoms with Gasteiger partial charge in [-0.1, -0.05) is 66.7 Å². The number of rotatable bonds is 6. The van der Waals surface area contributed by atoms with Crippen molar-refractivity contribution in [3.05, 3.63) is 94.2 Å². The van der Waals surface area contributed by atoms with E-state index in [1.165, 1.54) is 16.9 Å². The van der Waals surface area contributed by atoms with Crippen molar-refractivity contribution in [3.8, 4) is 0 Å². The summed E-state index contributed by atoms with van der Waals surface area (Å²) in [4.78, 5) is 28.5. The Morgan fingerprint density at radius 1 is 1.00 bits per heavy atom. The van der Waals surface area contributed by atoms with Crippen LogP contribution in [-0.2, 0) is 11.2 Å². The van der Waals surface area contributed by atoms with E-state index in [-0.39, 0.29) is 23.8 Å². The van der Waals surface area contributed by atoms with E-state index in [9.17, 15) is 9.59 Å². The number of carbonyl (C=O) groups excluding carboxylic acids is 2. The van der Waals surface area contributed by atoms with Crippen LogP contribution in [0.3, 0.4) is 0 Å². The van der Waals surface area contributed by atoms with E-state index in [0.29, 0.717) is 13.1 Å². The fourth-order valence-corrected chi connectivity index (χ4v) is 4.70. The summed E-state index contributed by atoms with van der Waals surface area (Å²) < 4.78 is 0. The first kappa shape index (κ1) is 20.4. The fraction of sp³-hybridized carbons (Fsp3) is 0.280. The van der Waals surface area contributed by atoms with Crippen molar-refractivity contribution in [1.29, 1.82) is 0 Å². The molecule has 0 radical (unpaired) electrons. The number of piperidine rings is 1.